The first kappa shape index (κ1) is 13.5. The Morgan fingerprint density at radius 2 is 1.90 bits per heavy atom. The molecule has 0 unspecified atom stereocenters. The Balaban J connectivity index is 2.18. The number of phenols is 1. The Hall–Kier alpha value is -2.93. The molecule has 4 heteroatoms. The summed E-state index contributed by atoms with van der Waals surface area (Å²) in [5.74, 6) is -1.48. The van der Waals surface area contributed by atoms with Crippen molar-refractivity contribution in [2.24, 2.45) is 0 Å². The molecule has 1 N–H and O–H groups in total. The number of rotatable bonds is 3. The van der Waals surface area contributed by atoms with Gasteiger partial charge >= 0.3 is 0 Å². The minimum Gasteiger partial charge on any atom is -0.508 e. The number of benzene rings is 2. The molecule has 0 saturated heterocycles. The first-order chi connectivity index (χ1) is 9.60. The SMILES string of the molecule is N#Cc1ccc(/C=C/C(=O)c2ccc(O)cc2F)cc1. The highest BCUT2D eigenvalue weighted by atomic mass is 19.1. The molecule has 0 amide bonds. The van der Waals surface area contributed by atoms with E-state index in [1.165, 1.54) is 24.3 Å². The van der Waals surface area contributed by atoms with Gasteiger partial charge in [-0.2, -0.15) is 5.26 Å². The van der Waals surface area contributed by atoms with Crippen LogP contribution < -0.4 is 0 Å². The molecule has 2 aromatic rings. The highest BCUT2D eigenvalue weighted by molar-refractivity contribution is 6.07. The summed E-state index contributed by atoms with van der Waals surface area (Å²) in [6, 6.07) is 12.0. The fraction of sp³-hybridized carbons (Fsp3) is 0. The molecular formula is C16H10FNO2. The quantitative estimate of drug-likeness (QED) is 0.685. The van der Waals surface area contributed by atoms with Crippen LogP contribution >= 0.6 is 0 Å². The van der Waals surface area contributed by atoms with E-state index in [9.17, 15) is 9.18 Å². The van der Waals surface area contributed by atoms with E-state index in [-0.39, 0.29) is 11.3 Å². The number of halogens is 1. The first-order valence-electron chi connectivity index (χ1n) is 5.81. The van der Waals surface area contributed by atoms with Crippen molar-refractivity contribution >= 4 is 11.9 Å². The number of aromatic hydroxyl groups is 1. The van der Waals surface area contributed by atoms with Gasteiger partial charge in [0.25, 0.3) is 0 Å². The minimum absolute atomic E-state index is 0.104. The number of carbonyl (C=O) groups excluding carboxylic acids is 1. The van der Waals surface area contributed by atoms with E-state index in [0.29, 0.717) is 5.56 Å². The summed E-state index contributed by atoms with van der Waals surface area (Å²) >= 11 is 0. The lowest BCUT2D eigenvalue weighted by Gasteiger charge is -1.99. The van der Waals surface area contributed by atoms with Gasteiger partial charge in [0, 0.05) is 6.07 Å². The zero-order chi connectivity index (χ0) is 14.5. The summed E-state index contributed by atoms with van der Waals surface area (Å²) in [5.41, 5.74) is 1.15. The van der Waals surface area contributed by atoms with Crippen LogP contribution in [0.3, 0.4) is 0 Å². The summed E-state index contributed by atoms with van der Waals surface area (Å²) in [4.78, 5) is 11.8. The van der Waals surface area contributed by atoms with E-state index in [2.05, 4.69) is 0 Å². The van der Waals surface area contributed by atoms with E-state index in [1.807, 2.05) is 6.07 Å². The van der Waals surface area contributed by atoms with Crippen molar-refractivity contribution in [3.05, 3.63) is 71.0 Å². The number of hydrogen-bond donors (Lipinski definition) is 1. The number of hydrogen-bond acceptors (Lipinski definition) is 3. The van der Waals surface area contributed by atoms with Crippen molar-refractivity contribution < 1.29 is 14.3 Å². The van der Waals surface area contributed by atoms with E-state index in [4.69, 9.17) is 10.4 Å². The summed E-state index contributed by atoms with van der Waals surface area (Å²) < 4.78 is 13.5. The van der Waals surface area contributed by atoms with Crippen LogP contribution in [-0.4, -0.2) is 10.9 Å². The molecule has 2 aromatic carbocycles. The molecule has 2 rings (SSSR count). The Bertz CT molecular complexity index is 712. The van der Waals surface area contributed by atoms with Crippen LogP contribution in [0.2, 0.25) is 0 Å². The van der Waals surface area contributed by atoms with Crippen LogP contribution in [0.15, 0.2) is 48.5 Å². The van der Waals surface area contributed by atoms with Crippen LogP contribution in [0.4, 0.5) is 4.39 Å². The highest BCUT2D eigenvalue weighted by Gasteiger charge is 2.09. The maximum atomic E-state index is 13.5. The number of phenolic OH excluding ortho intramolecular Hbond substituents is 1. The molecule has 0 bridgehead atoms. The van der Waals surface area contributed by atoms with Crippen molar-refractivity contribution in [2.75, 3.05) is 0 Å². The molecule has 3 nitrogen and oxygen atoms in total. The first-order valence-corrected chi connectivity index (χ1v) is 5.81. The summed E-state index contributed by atoms with van der Waals surface area (Å²) in [6.07, 6.45) is 2.78. The van der Waals surface area contributed by atoms with E-state index >= 15 is 0 Å². The van der Waals surface area contributed by atoms with E-state index in [0.717, 1.165) is 11.6 Å². The molecule has 0 aliphatic rings. The van der Waals surface area contributed by atoms with Crippen molar-refractivity contribution in [1.29, 1.82) is 5.26 Å². The molecule has 20 heavy (non-hydrogen) atoms. The van der Waals surface area contributed by atoms with Gasteiger partial charge in [-0.1, -0.05) is 18.2 Å². The van der Waals surface area contributed by atoms with Gasteiger partial charge in [0.05, 0.1) is 17.2 Å². The van der Waals surface area contributed by atoms with Gasteiger partial charge in [-0.15, -0.1) is 0 Å². The lowest BCUT2D eigenvalue weighted by atomic mass is 10.1. The average molecular weight is 267 g/mol. The number of allylic oxidation sites excluding steroid dienone is 1. The maximum absolute atomic E-state index is 13.5. The molecule has 0 spiro atoms. The number of nitrogens with zero attached hydrogens (tertiary/aromatic N) is 1. The number of nitriles is 1. The molecule has 0 aliphatic heterocycles. The fourth-order valence-electron chi connectivity index (χ4n) is 1.63. The van der Waals surface area contributed by atoms with Crippen molar-refractivity contribution in [2.45, 2.75) is 0 Å². The van der Waals surface area contributed by atoms with Crippen LogP contribution in [0.5, 0.6) is 5.75 Å². The molecule has 0 heterocycles. The van der Waals surface area contributed by atoms with E-state index in [1.54, 1.807) is 24.3 Å². The Morgan fingerprint density at radius 3 is 2.50 bits per heavy atom. The average Bonchev–Trinajstić information content (AvgIpc) is 2.45. The topological polar surface area (TPSA) is 61.1 Å². The molecule has 0 radical (unpaired) electrons. The third kappa shape index (κ3) is 3.09. The Labute approximate surface area is 115 Å². The predicted octanol–water partition coefficient (Wildman–Crippen LogP) is 3.30. The minimum atomic E-state index is -0.764. The lowest BCUT2D eigenvalue weighted by molar-refractivity contribution is 0.104. The third-order valence-electron chi connectivity index (χ3n) is 2.69. The predicted molar refractivity (Wildman–Crippen MR) is 72.6 cm³/mol. The van der Waals surface area contributed by atoms with E-state index < -0.39 is 11.6 Å². The second-order valence-corrected chi connectivity index (χ2v) is 4.10. The Morgan fingerprint density at radius 1 is 1.20 bits per heavy atom. The summed E-state index contributed by atoms with van der Waals surface area (Å²) in [7, 11) is 0. The van der Waals surface area contributed by atoms with Gasteiger partial charge in [0.1, 0.15) is 11.6 Å². The monoisotopic (exact) mass is 267 g/mol. The largest absolute Gasteiger partial charge is 0.508 e. The Kier molecular flexibility index (Phi) is 3.92. The van der Waals surface area contributed by atoms with Gasteiger partial charge in [-0.05, 0) is 35.9 Å². The van der Waals surface area contributed by atoms with Crippen molar-refractivity contribution in [1.82, 2.24) is 0 Å². The highest BCUT2D eigenvalue weighted by Crippen LogP contribution is 2.16. The second-order valence-electron chi connectivity index (χ2n) is 4.10. The lowest BCUT2D eigenvalue weighted by Crippen LogP contribution is -1.98. The fourth-order valence-corrected chi connectivity index (χ4v) is 1.63. The molecular weight excluding hydrogens is 257 g/mol. The molecule has 98 valence electrons. The number of carbonyl (C=O) groups is 1. The molecule has 0 aliphatic carbocycles. The van der Waals surface area contributed by atoms with Gasteiger partial charge in [0.15, 0.2) is 5.78 Å². The molecule has 0 atom stereocenters. The van der Waals surface area contributed by atoms with Crippen molar-refractivity contribution in [3.63, 3.8) is 0 Å². The number of ketones is 1. The molecule has 0 aromatic heterocycles. The normalized spacial score (nSPS) is 10.4. The smallest absolute Gasteiger partial charge is 0.188 e. The van der Waals surface area contributed by atoms with Crippen LogP contribution in [0.1, 0.15) is 21.5 Å². The van der Waals surface area contributed by atoms with Gasteiger partial charge < -0.3 is 5.11 Å². The van der Waals surface area contributed by atoms with Crippen LogP contribution in [0.25, 0.3) is 6.08 Å². The van der Waals surface area contributed by atoms with Gasteiger partial charge in [-0.3, -0.25) is 4.79 Å². The third-order valence-corrected chi connectivity index (χ3v) is 2.69. The molecule has 0 fully saturated rings. The maximum Gasteiger partial charge on any atom is 0.188 e. The summed E-state index contributed by atoms with van der Waals surface area (Å²) in [6.45, 7) is 0. The van der Waals surface area contributed by atoms with Crippen LogP contribution in [0, 0.1) is 17.1 Å². The standard InChI is InChI=1S/C16H10FNO2/c17-15-9-13(19)6-7-14(15)16(20)8-5-11-1-3-12(10-18)4-2-11/h1-9,19H/b8-5+. The summed E-state index contributed by atoms with van der Waals surface area (Å²) in [5, 5.41) is 17.7. The second kappa shape index (κ2) is 5.81. The zero-order valence-corrected chi connectivity index (χ0v) is 10.4. The molecule has 0 saturated carbocycles. The van der Waals surface area contributed by atoms with Crippen molar-refractivity contribution in [3.8, 4) is 11.8 Å². The van der Waals surface area contributed by atoms with Gasteiger partial charge in [-0.25, -0.2) is 4.39 Å². The zero-order valence-electron chi connectivity index (χ0n) is 10.4. The van der Waals surface area contributed by atoms with Crippen LogP contribution in [-0.2, 0) is 0 Å². The van der Waals surface area contributed by atoms with Gasteiger partial charge in [0.2, 0.25) is 0 Å².